The molecule has 10 heteroatoms. The van der Waals surface area contributed by atoms with Crippen LogP contribution in [0.4, 0.5) is 0 Å². The number of hydrogen-bond donors (Lipinski definition) is 8. The average molecular weight is 547 g/mol. The fourth-order valence-corrected chi connectivity index (χ4v) is 5.49. The molecule has 0 saturated carbocycles. The summed E-state index contributed by atoms with van der Waals surface area (Å²) >= 11 is 0. The summed E-state index contributed by atoms with van der Waals surface area (Å²) in [6.07, 6.45) is -4.06. The van der Waals surface area contributed by atoms with Crippen LogP contribution in [0.2, 0.25) is 0 Å². The highest BCUT2D eigenvalue weighted by molar-refractivity contribution is 5.57. The standard InChI is InChI=1S/C30H26O10/c31-16-3-4-17-26(11-16)40-30(14-2-6-20(33)23(36)9-14)28(38)27(17)18-7-15-10-24(37)29(39-25(15)12-21(18)34)13-1-5-19(32)22(35)8-13/h1-9,11-12,24,27-38H,10H2. The Balaban J connectivity index is 1.41. The Labute approximate surface area is 227 Å². The van der Waals surface area contributed by atoms with Crippen LogP contribution in [-0.2, 0) is 6.42 Å². The van der Waals surface area contributed by atoms with Crippen molar-refractivity contribution >= 4 is 0 Å². The number of rotatable bonds is 3. The molecule has 206 valence electrons. The van der Waals surface area contributed by atoms with Gasteiger partial charge in [0.15, 0.2) is 29.1 Å². The molecule has 2 aliphatic rings. The van der Waals surface area contributed by atoms with E-state index >= 15 is 0 Å². The Hall–Kier alpha value is -4.80. The van der Waals surface area contributed by atoms with Crippen LogP contribution in [0.15, 0.2) is 66.7 Å². The predicted molar refractivity (Wildman–Crippen MR) is 140 cm³/mol. The smallest absolute Gasteiger partial charge is 0.157 e. The number of benzene rings is 4. The number of phenols is 6. The van der Waals surface area contributed by atoms with E-state index in [4.69, 9.17) is 9.47 Å². The number of aliphatic hydroxyl groups is 2. The fraction of sp³-hybridized carbons (Fsp3) is 0.200. The Kier molecular flexibility index (Phi) is 6.01. The Morgan fingerprint density at radius 1 is 0.550 bits per heavy atom. The van der Waals surface area contributed by atoms with Gasteiger partial charge in [-0.3, -0.25) is 0 Å². The lowest BCUT2D eigenvalue weighted by Crippen LogP contribution is -2.35. The van der Waals surface area contributed by atoms with Crippen LogP contribution < -0.4 is 9.47 Å². The van der Waals surface area contributed by atoms with Crippen LogP contribution in [-0.4, -0.2) is 53.1 Å². The van der Waals surface area contributed by atoms with Crippen molar-refractivity contribution in [2.75, 3.05) is 0 Å². The van der Waals surface area contributed by atoms with E-state index in [1.165, 1.54) is 54.6 Å². The van der Waals surface area contributed by atoms with Gasteiger partial charge in [-0.05, 0) is 53.1 Å². The first kappa shape index (κ1) is 25.5. The number of ether oxygens (including phenoxy) is 2. The summed E-state index contributed by atoms with van der Waals surface area (Å²) in [6.45, 7) is 0. The first-order valence-electron chi connectivity index (χ1n) is 12.5. The lowest BCUT2D eigenvalue weighted by molar-refractivity contribution is 0.00730. The topological polar surface area (TPSA) is 180 Å². The Bertz CT molecular complexity index is 1620. The average Bonchev–Trinajstić information content (AvgIpc) is 2.91. The fourth-order valence-electron chi connectivity index (χ4n) is 5.49. The molecular weight excluding hydrogens is 520 g/mol. The van der Waals surface area contributed by atoms with E-state index in [1.807, 2.05) is 0 Å². The maximum atomic E-state index is 11.6. The van der Waals surface area contributed by atoms with E-state index in [-0.39, 0.29) is 40.9 Å². The van der Waals surface area contributed by atoms with Gasteiger partial charge < -0.3 is 50.3 Å². The minimum Gasteiger partial charge on any atom is -0.508 e. The third-order valence-electron chi connectivity index (χ3n) is 7.47. The highest BCUT2D eigenvalue weighted by atomic mass is 16.5. The van der Waals surface area contributed by atoms with Gasteiger partial charge >= 0.3 is 0 Å². The van der Waals surface area contributed by atoms with Gasteiger partial charge in [-0.15, -0.1) is 0 Å². The summed E-state index contributed by atoms with van der Waals surface area (Å²) in [5.41, 5.74) is 2.18. The number of fused-ring (bicyclic) bond motifs is 2. The lowest BCUT2D eigenvalue weighted by atomic mass is 9.78. The zero-order valence-corrected chi connectivity index (χ0v) is 20.8. The summed E-state index contributed by atoms with van der Waals surface area (Å²) in [7, 11) is 0. The first-order chi connectivity index (χ1) is 19.1. The van der Waals surface area contributed by atoms with Gasteiger partial charge in [-0.25, -0.2) is 0 Å². The summed E-state index contributed by atoms with van der Waals surface area (Å²) < 4.78 is 12.0. The minimum absolute atomic E-state index is 0.0707. The van der Waals surface area contributed by atoms with E-state index < -0.39 is 36.1 Å². The minimum atomic E-state index is -1.27. The molecule has 40 heavy (non-hydrogen) atoms. The number of aliphatic hydroxyl groups excluding tert-OH is 2. The summed E-state index contributed by atoms with van der Waals surface area (Å²) in [5, 5.41) is 83.0. The monoisotopic (exact) mass is 546 g/mol. The highest BCUT2D eigenvalue weighted by Crippen LogP contribution is 2.51. The van der Waals surface area contributed by atoms with Gasteiger partial charge in [-0.1, -0.05) is 18.2 Å². The molecule has 2 heterocycles. The number of hydrogen-bond acceptors (Lipinski definition) is 10. The van der Waals surface area contributed by atoms with Crippen LogP contribution in [0.3, 0.4) is 0 Å². The van der Waals surface area contributed by atoms with Crippen LogP contribution in [0.1, 0.15) is 45.9 Å². The quantitative estimate of drug-likeness (QED) is 0.177. The van der Waals surface area contributed by atoms with Crippen LogP contribution in [0.5, 0.6) is 46.0 Å². The zero-order valence-electron chi connectivity index (χ0n) is 20.8. The molecular formula is C30H26O10. The molecule has 0 fully saturated rings. The largest absolute Gasteiger partial charge is 0.508 e. The van der Waals surface area contributed by atoms with E-state index in [0.717, 1.165) is 0 Å². The number of aromatic hydroxyl groups is 6. The second kappa shape index (κ2) is 9.44. The van der Waals surface area contributed by atoms with E-state index in [0.29, 0.717) is 33.6 Å². The van der Waals surface area contributed by atoms with Crippen LogP contribution in [0.25, 0.3) is 0 Å². The van der Waals surface area contributed by atoms with E-state index in [1.54, 1.807) is 12.1 Å². The van der Waals surface area contributed by atoms with Crippen molar-refractivity contribution in [2.45, 2.75) is 36.8 Å². The summed E-state index contributed by atoms with van der Waals surface area (Å²) in [6, 6.07) is 15.6. The lowest BCUT2D eigenvalue weighted by Gasteiger charge is -2.38. The third kappa shape index (κ3) is 4.23. The molecule has 5 atom stereocenters. The molecule has 0 spiro atoms. The second-order valence-corrected chi connectivity index (χ2v) is 10.1. The van der Waals surface area contributed by atoms with E-state index in [2.05, 4.69) is 0 Å². The molecule has 2 aliphatic heterocycles. The van der Waals surface area contributed by atoms with Crippen molar-refractivity contribution < 1.29 is 50.3 Å². The van der Waals surface area contributed by atoms with Crippen molar-refractivity contribution in [1.29, 1.82) is 0 Å². The molecule has 8 N–H and O–H groups in total. The van der Waals surface area contributed by atoms with Crippen molar-refractivity contribution in [2.24, 2.45) is 0 Å². The molecule has 0 radical (unpaired) electrons. The normalized spacial score (nSPS) is 23.4. The van der Waals surface area contributed by atoms with Crippen LogP contribution >= 0.6 is 0 Å². The molecule has 4 aromatic rings. The van der Waals surface area contributed by atoms with E-state index in [9.17, 15) is 40.9 Å². The van der Waals surface area contributed by atoms with Crippen molar-refractivity contribution in [3.05, 3.63) is 94.5 Å². The van der Waals surface area contributed by atoms with Crippen LogP contribution in [0, 0.1) is 0 Å². The molecule has 0 saturated heterocycles. The third-order valence-corrected chi connectivity index (χ3v) is 7.47. The van der Waals surface area contributed by atoms with Gasteiger partial charge in [0, 0.05) is 35.6 Å². The number of phenolic OH excluding ortho intramolecular Hbond substituents is 6. The molecule has 10 nitrogen and oxygen atoms in total. The summed E-state index contributed by atoms with van der Waals surface area (Å²) in [4.78, 5) is 0. The van der Waals surface area contributed by atoms with Gasteiger partial charge in [0.1, 0.15) is 35.2 Å². The van der Waals surface area contributed by atoms with Crippen molar-refractivity contribution in [3.8, 4) is 46.0 Å². The molecule has 0 aliphatic carbocycles. The van der Waals surface area contributed by atoms with Gasteiger partial charge in [-0.2, -0.15) is 0 Å². The SMILES string of the molecule is Oc1ccc2c(c1)OC(c1ccc(O)c(O)c1)C(O)C2c1cc2c(cc1O)OC(c1ccc(O)c(O)c1)C(O)C2. The van der Waals surface area contributed by atoms with Gasteiger partial charge in [0.25, 0.3) is 0 Å². The van der Waals surface area contributed by atoms with Gasteiger partial charge in [0.2, 0.25) is 0 Å². The Morgan fingerprint density at radius 3 is 1.82 bits per heavy atom. The molecule has 0 aromatic heterocycles. The predicted octanol–water partition coefficient (Wildman–Crippen LogP) is 3.58. The molecule has 0 bridgehead atoms. The van der Waals surface area contributed by atoms with Crippen molar-refractivity contribution in [3.63, 3.8) is 0 Å². The molecule has 4 aromatic carbocycles. The van der Waals surface area contributed by atoms with Crippen molar-refractivity contribution in [1.82, 2.24) is 0 Å². The molecule has 6 rings (SSSR count). The van der Waals surface area contributed by atoms with Gasteiger partial charge in [0.05, 0.1) is 6.10 Å². The highest BCUT2D eigenvalue weighted by Gasteiger charge is 2.42. The second-order valence-electron chi connectivity index (χ2n) is 10.1. The molecule has 0 amide bonds. The Morgan fingerprint density at radius 2 is 1.18 bits per heavy atom. The molecule has 5 unspecified atom stereocenters. The zero-order chi connectivity index (χ0) is 28.3. The maximum Gasteiger partial charge on any atom is 0.157 e. The summed E-state index contributed by atoms with van der Waals surface area (Å²) in [5.74, 6) is -1.95. The maximum absolute atomic E-state index is 11.6. The first-order valence-corrected chi connectivity index (χ1v) is 12.5.